The number of anilines is 2. The maximum Gasteiger partial charge on any atom is 0.274 e. The standard InChI is InChI=1S/C19H13ClFN3O2/c20-12-3-1-4-15(11-12)23-19(26)17-6-2-5-16(24-17)18(25)22-14-9-7-13(21)8-10-14/h1-11H,(H,22,25)(H,23,26). The van der Waals surface area contributed by atoms with Gasteiger partial charge in [0.1, 0.15) is 17.2 Å². The van der Waals surface area contributed by atoms with Crippen molar-refractivity contribution in [1.29, 1.82) is 0 Å². The van der Waals surface area contributed by atoms with Gasteiger partial charge in [-0.05, 0) is 54.6 Å². The minimum absolute atomic E-state index is 0.0630. The Morgan fingerprint density at radius 2 is 1.38 bits per heavy atom. The van der Waals surface area contributed by atoms with Crippen LogP contribution < -0.4 is 10.6 Å². The van der Waals surface area contributed by atoms with E-state index >= 15 is 0 Å². The van der Waals surface area contributed by atoms with Crippen LogP contribution in [0.5, 0.6) is 0 Å². The van der Waals surface area contributed by atoms with Gasteiger partial charge in [0.05, 0.1) is 0 Å². The van der Waals surface area contributed by atoms with Crippen molar-refractivity contribution in [3.63, 3.8) is 0 Å². The summed E-state index contributed by atoms with van der Waals surface area (Å²) in [6.07, 6.45) is 0. The third-order valence-corrected chi connectivity index (χ3v) is 3.63. The molecule has 0 saturated heterocycles. The number of nitrogens with zero attached hydrogens (tertiary/aromatic N) is 1. The number of pyridine rings is 1. The molecular formula is C19H13ClFN3O2. The van der Waals surface area contributed by atoms with Gasteiger partial charge in [-0.2, -0.15) is 0 Å². The lowest BCUT2D eigenvalue weighted by molar-refractivity contribution is 0.101. The summed E-state index contributed by atoms with van der Waals surface area (Å²) in [5.41, 5.74) is 1.09. The molecule has 7 heteroatoms. The van der Waals surface area contributed by atoms with Crippen molar-refractivity contribution < 1.29 is 14.0 Å². The molecule has 0 aliphatic heterocycles. The van der Waals surface area contributed by atoms with Crippen LogP contribution in [0.2, 0.25) is 5.02 Å². The summed E-state index contributed by atoms with van der Waals surface area (Å²) in [7, 11) is 0. The maximum absolute atomic E-state index is 12.9. The van der Waals surface area contributed by atoms with Gasteiger partial charge >= 0.3 is 0 Å². The fourth-order valence-corrected chi connectivity index (χ4v) is 2.37. The molecule has 0 radical (unpaired) electrons. The number of rotatable bonds is 4. The number of hydrogen-bond acceptors (Lipinski definition) is 3. The first-order chi connectivity index (χ1) is 12.5. The van der Waals surface area contributed by atoms with Crippen LogP contribution in [-0.2, 0) is 0 Å². The largest absolute Gasteiger partial charge is 0.321 e. The van der Waals surface area contributed by atoms with Gasteiger partial charge in [0, 0.05) is 16.4 Å². The Morgan fingerprint density at radius 3 is 2.00 bits per heavy atom. The molecule has 0 fully saturated rings. The molecule has 1 aromatic heterocycles. The van der Waals surface area contributed by atoms with E-state index < -0.39 is 17.6 Å². The molecule has 26 heavy (non-hydrogen) atoms. The highest BCUT2D eigenvalue weighted by Crippen LogP contribution is 2.16. The second kappa shape index (κ2) is 7.76. The molecule has 0 saturated carbocycles. The van der Waals surface area contributed by atoms with E-state index in [2.05, 4.69) is 15.6 Å². The minimum atomic E-state index is -0.506. The lowest BCUT2D eigenvalue weighted by atomic mass is 10.2. The van der Waals surface area contributed by atoms with Crippen LogP contribution in [0.3, 0.4) is 0 Å². The van der Waals surface area contributed by atoms with Gasteiger partial charge in [0.2, 0.25) is 0 Å². The minimum Gasteiger partial charge on any atom is -0.321 e. The van der Waals surface area contributed by atoms with Crippen molar-refractivity contribution in [3.05, 3.63) is 89.0 Å². The van der Waals surface area contributed by atoms with E-state index in [1.54, 1.807) is 30.3 Å². The van der Waals surface area contributed by atoms with Gasteiger partial charge in [-0.3, -0.25) is 9.59 Å². The number of hydrogen-bond donors (Lipinski definition) is 2. The molecular weight excluding hydrogens is 357 g/mol. The Hall–Kier alpha value is -3.25. The highest BCUT2D eigenvalue weighted by molar-refractivity contribution is 6.30. The summed E-state index contributed by atoms with van der Waals surface area (Å²) in [5, 5.41) is 5.74. The Bertz CT molecular complexity index is 961. The molecule has 0 aliphatic rings. The molecule has 2 aromatic carbocycles. The van der Waals surface area contributed by atoms with E-state index in [1.807, 2.05) is 0 Å². The lowest BCUT2D eigenvalue weighted by Gasteiger charge is -2.07. The molecule has 0 unspecified atom stereocenters. The van der Waals surface area contributed by atoms with Crippen LogP contribution in [0.25, 0.3) is 0 Å². The average molecular weight is 370 g/mol. The Kier molecular flexibility index (Phi) is 5.24. The normalized spacial score (nSPS) is 10.2. The number of carbonyl (C=O) groups excluding carboxylic acids is 2. The second-order valence-electron chi connectivity index (χ2n) is 5.33. The van der Waals surface area contributed by atoms with E-state index in [0.29, 0.717) is 16.4 Å². The lowest BCUT2D eigenvalue weighted by Crippen LogP contribution is -2.18. The summed E-state index contributed by atoms with van der Waals surface area (Å²) in [4.78, 5) is 28.6. The molecule has 0 atom stereocenters. The molecule has 2 amide bonds. The van der Waals surface area contributed by atoms with E-state index in [4.69, 9.17) is 11.6 Å². The third kappa shape index (κ3) is 4.43. The third-order valence-electron chi connectivity index (χ3n) is 3.40. The van der Waals surface area contributed by atoms with Crippen LogP contribution in [0, 0.1) is 5.82 Å². The summed E-state index contributed by atoms with van der Waals surface area (Å²) in [6.45, 7) is 0. The zero-order chi connectivity index (χ0) is 18.5. The number of amides is 2. The predicted molar refractivity (Wildman–Crippen MR) is 98.0 cm³/mol. The van der Waals surface area contributed by atoms with Gasteiger partial charge in [-0.25, -0.2) is 9.37 Å². The number of nitrogens with one attached hydrogen (secondary N) is 2. The first kappa shape index (κ1) is 17.6. The van der Waals surface area contributed by atoms with Crippen molar-refractivity contribution in [1.82, 2.24) is 4.98 Å². The summed E-state index contributed by atoms with van der Waals surface area (Å²) in [5.74, 6) is -1.38. The Balaban J connectivity index is 1.73. The highest BCUT2D eigenvalue weighted by atomic mass is 35.5. The summed E-state index contributed by atoms with van der Waals surface area (Å²) < 4.78 is 12.9. The molecule has 2 N–H and O–H groups in total. The molecule has 1 heterocycles. The first-order valence-corrected chi connectivity index (χ1v) is 8.00. The van der Waals surface area contributed by atoms with Crippen LogP contribution in [0.15, 0.2) is 66.7 Å². The van der Waals surface area contributed by atoms with Gasteiger partial charge in [-0.1, -0.05) is 23.7 Å². The van der Waals surface area contributed by atoms with Crippen molar-refractivity contribution in [2.75, 3.05) is 10.6 Å². The molecule has 0 spiro atoms. The molecule has 0 aliphatic carbocycles. The van der Waals surface area contributed by atoms with Crippen LogP contribution in [0.1, 0.15) is 21.0 Å². The van der Waals surface area contributed by atoms with Crippen LogP contribution >= 0.6 is 11.6 Å². The van der Waals surface area contributed by atoms with Crippen molar-refractivity contribution in [2.45, 2.75) is 0 Å². The van der Waals surface area contributed by atoms with Gasteiger partial charge in [0.25, 0.3) is 11.8 Å². The fourth-order valence-electron chi connectivity index (χ4n) is 2.18. The van der Waals surface area contributed by atoms with E-state index in [1.165, 1.54) is 36.4 Å². The van der Waals surface area contributed by atoms with E-state index in [0.717, 1.165) is 0 Å². The molecule has 130 valence electrons. The number of aromatic nitrogens is 1. The van der Waals surface area contributed by atoms with Crippen molar-refractivity contribution in [3.8, 4) is 0 Å². The zero-order valence-electron chi connectivity index (χ0n) is 13.4. The van der Waals surface area contributed by atoms with Gasteiger partial charge in [-0.15, -0.1) is 0 Å². The average Bonchev–Trinajstić information content (AvgIpc) is 2.64. The number of carbonyl (C=O) groups is 2. The topological polar surface area (TPSA) is 71.1 Å². The van der Waals surface area contributed by atoms with Crippen molar-refractivity contribution >= 4 is 34.8 Å². The maximum atomic E-state index is 12.9. The van der Waals surface area contributed by atoms with Crippen LogP contribution in [0.4, 0.5) is 15.8 Å². The zero-order valence-corrected chi connectivity index (χ0v) is 14.1. The highest BCUT2D eigenvalue weighted by Gasteiger charge is 2.13. The number of halogens is 2. The Labute approximate surface area is 153 Å². The summed E-state index contributed by atoms with van der Waals surface area (Å²) >= 11 is 5.88. The monoisotopic (exact) mass is 369 g/mol. The smallest absolute Gasteiger partial charge is 0.274 e. The van der Waals surface area contributed by atoms with E-state index in [-0.39, 0.29) is 11.4 Å². The van der Waals surface area contributed by atoms with Crippen molar-refractivity contribution in [2.24, 2.45) is 0 Å². The predicted octanol–water partition coefficient (Wildman–Crippen LogP) is 4.38. The molecule has 3 rings (SSSR count). The first-order valence-electron chi connectivity index (χ1n) is 7.62. The number of benzene rings is 2. The molecule has 0 bridgehead atoms. The molecule has 3 aromatic rings. The molecule has 5 nitrogen and oxygen atoms in total. The van der Waals surface area contributed by atoms with Gasteiger partial charge < -0.3 is 10.6 Å². The SMILES string of the molecule is O=C(Nc1ccc(F)cc1)c1cccc(C(=O)Nc2cccc(Cl)c2)n1. The van der Waals surface area contributed by atoms with E-state index in [9.17, 15) is 14.0 Å². The summed E-state index contributed by atoms with van der Waals surface area (Å²) in [6, 6.07) is 16.6. The fraction of sp³-hybridized carbons (Fsp3) is 0. The quantitative estimate of drug-likeness (QED) is 0.717. The van der Waals surface area contributed by atoms with Crippen LogP contribution in [-0.4, -0.2) is 16.8 Å². The van der Waals surface area contributed by atoms with Gasteiger partial charge in [0.15, 0.2) is 0 Å². The Morgan fingerprint density at radius 1 is 0.808 bits per heavy atom. The second-order valence-corrected chi connectivity index (χ2v) is 5.77.